The molecule has 0 amide bonds. The van der Waals surface area contributed by atoms with Crippen molar-refractivity contribution in [2.75, 3.05) is 0 Å². The molecule has 0 bridgehead atoms. The van der Waals surface area contributed by atoms with Gasteiger partial charge in [0.25, 0.3) is 0 Å². The number of carbonyl (C=O) groups is 2. The Bertz CT molecular complexity index is 937. The van der Waals surface area contributed by atoms with Gasteiger partial charge in [-0.05, 0) is 18.2 Å². The SMILES string of the molecule is O=C(O)CCn1c(=O)oc2cc(C(=O)c3ccccc3)ccc21. The summed E-state index contributed by atoms with van der Waals surface area (Å²) in [6.07, 6.45) is -0.181. The number of hydrogen-bond donors (Lipinski definition) is 1. The van der Waals surface area contributed by atoms with Crippen LogP contribution in [0.5, 0.6) is 0 Å². The van der Waals surface area contributed by atoms with Crippen LogP contribution in [-0.4, -0.2) is 21.4 Å². The molecule has 0 spiro atoms. The molecule has 0 atom stereocenters. The van der Waals surface area contributed by atoms with E-state index in [9.17, 15) is 14.4 Å². The number of carboxylic acid groups (broad SMARTS) is 1. The van der Waals surface area contributed by atoms with Crippen molar-refractivity contribution in [3.8, 4) is 0 Å². The minimum absolute atomic E-state index is 0.0210. The molecule has 0 aliphatic carbocycles. The van der Waals surface area contributed by atoms with Crippen LogP contribution in [-0.2, 0) is 11.3 Å². The fourth-order valence-electron chi connectivity index (χ4n) is 2.38. The van der Waals surface area contributed by atoms with Gasteiger partial charge < -0.3 is 9.52 Å². The van der Waals surface area contributed by atoms with E-state index in [1.54, 1.807) is 36.4 Å². The second-order valence-corrected chi connectivity index (χ2v) is 5.04. The lowest BCUT2D eigenvalue weighted by Gasteiger charge is -2.02. The lowest BCUT2D eigenvalue weighted by atomic mass is 10.0. The maximum absolute atomic E-state index is 12.4. The molecule has 0 radical (unpaired) electrons. The third-order valence-corrected chi connectivity index (χ3v) is 3.52. The van der Waals surface area contributed by atoms with E-state index >= 15 is 0 Å². The highest BCUT2D eigenvalue weighted by Gasteiger charge is 2.14. The van der Waals surface area contributed by atoms with Gasteiger partial charge in [0.15, 0.2) is 11.4 Å². The Morgan fingerprint density at radius 3 is 2.48 bits per heavy atom. The molecule has 1 N–H and O–H groups in total. The summed E-state index contributed by atoms with van der Waals surface area (Å²) in [5.41, 5.74) is 1.69. The number of ketones is 1. The van der Waals surface area contributed by atoms with Gasteiger partial charge >= 0.3 is 11.7 Å². The van der Waals surface area contributed by atoms with E-state index in [2.05, 4.69) is 0 Å². The van der Waals surface area contributed by atoms with Crippen LogP contribution in [0.15, 0.2) is 57.7 Å². The summed E-state index contributed by atoms with van der Waals surface area (Å²) in [7, 11) is 0. The Morgan fingerprint density at radius 2 is 1.78 bits per heavy atom. The monoisotopic (exact) mass is 311 g/mol. The van der Waals surface area contributed by atoms with Gasteiger partial charge in [-0.25, -0.2) is 4.79 Å². The summed E-state index contributed by atoms with van der Waals surface area (Å²) in [4.78, 5) is 34.9. The van der Waals surface area contributed by atoms with Crippen molar-refractivity contribution in [1.82, 2.24) is 4.57 Å². The van der Waals surface area contributed by atoms with Gasteiger partial charge in [0.1, 0.15) is 0 Å². The van der Waals surface area contributed by atoms with Crippen LogP contribution in [0.25, 0.3) is 11.1 Å². The largest absolute Gasteiger partial charge is 0.481 e. The molecule has 2 aromatic carbocycles. The first-order valence-electron chi connectivity index (χ1n) is 7.01. The minimum Gasteiger partial charge on any atom is -0.481 e. The molecule has 3 rings (SSSR count). The predicted octanol–water partition coefficient (Wildman–Crippen LogP) is 2.30. The van der Waals surface area contributed by atoms with Crippen molar-refractivity contribution >= 4 is 22.9 Å². The molecular formula is C17H13NO5. The number of nitrogens with zero attached hydrogens (tertiary/aromatic N) is 1. The van der Waals surface area contributed by atoms with Crippen molar-refractivity contribution in [3.05, 3.63) is 70.2 Å². The number of carbonyl (C=O) groups excluding carboxylic acids is 1. The number of fused-ring (bicyclic) bond motifs is 1. The normalized spacial score (nSPS) is 10.8. The summed E-state index contributed by atoms with van der Waals surface area (Å²) in [6, 6.07) is 13.5. The Morgan fingerprint density at radius 1 is 1.04 bits per heavy atom. The standard InChI is InChI=1S/C17H13NO5/c19-15(20)8-9-18-13-7-6-12(10-14(13)23-17(18)22)16(21)11-4-2-1-3-5-11/h1-7,10H,8-9H2,(H,19,20). The van der Waals surface area contributed by atoms with Crippen LogP contribution in [0.1, 0.15) is 22.3 Å². The fraction of sp³-hybridized carbons (Fsp3) is 0.118. The van der Waals surface area contributed by atoms with E-state index in [-0.39, 0.29) is 24.3 Å². The molecule has 6 nitrogen and oxygen atoms in total. The molecule has 23 heavy (non-hydrogen) atoms. The van der Waals surface area contributed by atoms with Gasteiger partial charge in [-0.1, -0.05) is 30.3 Å². The maximum Gasteiger partial charge on any atom is 0.419 e. The first kappa shape index (κ1) is 14.8. The third-order valence-electron chi connectivity index (χ3n) is 3.52. The quantitative estimate of drug-likeness (QED) is 0.730. The van der Waals surface area contributed by atoms with E-state index in [1.165, 1.54) is 10.6 Å². The second kappa shape index (κ2) is 5.92. The summed E-state index contributed by atoms with van der Waals surface area (Å²) in [6.45, 7) is 0.0210. The molecule has 0 fully saturated rings. The molecule has 0 saturated heterocycles. The third kappa shape index (κ3) is 2.91. The minimum atomic E-state index is -0.998. The van der Waals surface area contributed by atoms with Crippen molar-refractivity contribution in [3.63, 3.8) is 0 Å². The highest BCUT2D eigenvalue weighted by Crippen LogP contribution is 2.18. The number of oxazole rings is 1. The number of rotatable bonds is 5. The zero-order valence-electron chi connectivity index (χ0n) is 12.1. The van der Waals surface area contributed by atoms with Crippen LogP contribution < -0.4 is 5.76 Å². The number of carboxylic acids is 1. The molecule has 6 heteroatoms. The number of aryl methyl sites for hydroxylation is 1. The summed E-state index contributed by atoms with van der Waals surface area (Å²) >= 11 is 0. The summed E-state index contributed by atoms with van der Waals surface area (Å²) in [5, 5.41) is 8.73. The van der Waals surface area contributed by atoms with Gasteiger partial charge in [-0.3, -0.25) is 14.2 Å². The Hall–Kier alpha value is -3.15. The number of aliphatic carboxylic acids is 1. The van der Waals surface area contributed by atoms with Gasteiger partial charge in [0.2, 0.25) is 0 Å². The van der Waals surface area contributed by atoms with Crippen LogP contribution in [0.3, 0.4) is 0 Å². The maximum atomic E-state index is 12.4. The van der Waals surface area contributed by atoms with Gasteiger partial charge in [0, 0.05) is 17.7 Å². The zero-order chi connectivity index (χ0) is 16.4. The number of hydrogen-bond acceptors (Lipinski definition) is 4. The number of benzene rings is 2. The average molecular weight is 311 g/mol. The van der Waals surface area contributed by atoms with Crippen LogP contribution in [0.4, 0.5) is 0 Å². The van der Waals surface area contributed by atoms with Crippen molar-refractivity contribution in [2.45, 2.75) is 13.0 Å². The Balaban J connectivity index is 1.99. The molecule has 0 saturated carbocycles. The highest BCUT2D eigenvalue weighted by atomic mass is 16.4. The topological polar surface area (TPSA) is 89.5 Å². The van der Waals surface area contributed by atoms with E-state index in [1.807, 2.05) is 6.07 Å². The Labute approximate surface area is 130 Å². The van der Waals surface area contributed by atoms with Crippen LogP contribution in [0.2, 0.25) is 0 Å². The molecule has 116 valence electrons. The fourth-order valence-corrected chi connectivity index (χ4v) is 2.38. The molecule has 1 heterocycles. The number of aromatic nitrogens is 1. The molecule has 1 aromatic heterocycles. The van der Waals surface area contributed by atoms with Crippen molar-refractivity contribution in [2.24, 2.45) is 0 Å². The van der Waals surface area contributed by atoms with E-state index < -0.39 is 11.7 Å². The van der Waals surface area contributed by atoms with E-state index in [0.717, 1.165) is 0 Å². The highest BCUT2D eigenvalue weighted by molar-refractivity contribution is 6.10. The Kier molecular flexibility index (Phi) is 3.80. The van der Waals surface area contributed by atoms with Crippen LogP contribution in [0, 0.1) is 0 Å². The van der Waals surface area contributed by atoms with Crippen molar-refractivity contribution in [1.29, 1.82) is 0 Å². The molecule has 0 aliphatic heterocycles. The summed E-state index contributed by atoms with van der Waals surface area (Å²) in [5.74, 6) is -1.80. The molecule has 0 aliphatic rings. The van der Waals surface area contributed by atoms with Gasteiger partial charge in [0.05, 0.1) is 11.9 Å². The lowest BCUT2D eigenvalue weighted by Crippen LogP contribution is -2.16. The second-order valence-electron chi connectivity index (χ2n) is 5.04. The average Bonchev–Trinajstić information content (AvgIpc) is 2.87. The van der Waals surface area contributed by atoms with Gasteiger partial charge in [-0.2, -0.15) is 0 Å². The van der Waals surface area contributed by atoms with E-state index in [4.69, 9.17) is 9.52 Å². The summed E-state index contributed by atoms with van der Waals surface area (Å²) < 4.78 is 6.37. The smallest absolute Gasteiger partial charge is 0.419 e. The van der Waals surface area contributed by atoms with Crippen LogP contribution >= 0.6 is 0 Å². The molecular weight excluding hydrogens is 298 g/mol. The first-order chi connectivity index (χ1) is 11.1. The zero-order valence-corrected chi connectivity index (χ0v) is 12.1. The first-order valence-corrected chi connectivity index (χ1v) is 7.01. The van der Waals surface area contributed by atoms with Gasteiger partial charge in [-0.15, -0.1) is 0 Å². The molecule has 0 unspecified atom stereocenters. The predicted molar refractivity (Wildman–Crippen MR) is 82.6 cm³/mol. The molecule has 3 aromatic rings. The van der Waals surface area contributed by atoms with E-state index in [0.29, 0.717) is 16.6 Å². The van der Waals surface area contributed by atoms with Crippen molar-refractivity contribution < 1.29 is 19.1 Å². The lowest BCUT2D eigenvalue weighted by molar-refractivity contribution is -0.137.